The van der Waals surface area contributed by atoms with Crippen LogP contribution >= 0.6 is 0 Å². The maximum absolute atomic E-state index is 6.22. The fraction of sp³-hybridized carbons (Fsp3) is 0. The molecule has 2 heterocycles. The molecule has 0 amide bonds. The molecule has 0 aliphatic rings. The van der Waals surface area contributed by atoms with Gasteiger partial charge in [0.2, 0.25) is 11.8 Å². The summed E-state index contributed by atoms with van der Waals surface area (Å²) in [5.41, 5.74) is 9.80. The molecule has 8 rings (SSSR count). The molecule has 198 valence electrons. The molecule has 0 radical (unpaired) electrons. The van der Waals surface area contributed by atoms with E-state index in [9.17, 15) is 0 Å². The van der Waals surface area contributed by atoms with Crippen molar-refractivity contribution < 1.29 is 4.42 Å². The molecule has 0 bridgehead atoms. The van der Waals surface area contributed by atoms with Crippen LogP contribution in [0.1, 0.15) is 0 Å². The molecular formula is C38H25N3O. The quantitative estimate of drug-likeness (QED) is 0.219. The second-order valence-electron chi connectivity index (χ2n) is 10.3. The topological polar surface area (TPSA) is 43.9 Å². The molecule has 6 aromatic carbocycles. The summed E-state index contributed by atoms with van der Waals surface area (Å²) in [6, 6.07) is 52.6. The first-order valence-corrected chi connectivity index (χ1v) is 14.0. The number of nitrogens with zero attached hydrogens (tertiary/aromatic N) is 3. The van der Waals surface area contributed by atoms with E-state index in [1.807, 2.05) is 36.4 Å². The van der Waals surface area contributed by atoms with Gasteiger partial charge in [-0.1, -0.05) is 103 Å². The highest BCUT2D eigenvalue weighted by Gasteiger charge is 2.16. The molecule has 0 unspecified atom stereocenters. The molecular weight excluding hydrogens is 514 g/mol. The Kier molecular flexibility index (Phi) is 5.75. The minimum absolute atomic E-state index is 0.495. The summed E-state index contributed by atoms with van der Waals surface area (Å²) in [6.45, 7) is 0. The molecule has 8 aromatic rings. The van der Waals surface area contributed by atoms with E-state index in [1.165, 1.54) is 32.9 Å². The first-order chi connectivity index (χ1) is 20.8. The lowest BCUT2D eigenvalue weighted by atomic mass is 10.00. The molecule has 4 nitrogen and oxygen atoms in total. The lowest BCUT2D eigenvalue weighted by molar-refractivity contribution is 0.585. The normalized spacial score (nSPS) is 11.3. The van der Waals surface area contributed by atoms with Gasteiger partial charge in [0.1, 0.15) is 0 Å². The minimum atomic E-state index is 0.495. The lowest BCUT2D eigenvalue weighted by Gasteiger charge is -2.09. The first kappa shape index (κ1) is 24.1. The molecule has 4 heteroatoms. The van der Waals surface area contributed by atoms with Crippen molar-refractivity contribution in [2.24, 2.45) is 0 Å². The lowest BCUT2D eigenvalue weighted by Crippen LogP contribution is -1.93. The third kappa shape index (κ3) is 4.09. The summed E-state index contributed by atoms with van der Waals surface area (Å²) in [5, 5.41) is 11.3. The van der Waals surface area contributed by atoms with E-state index in [1.54, 1.807) is 0 Å². The number of para-hydroxylation sites is 1. The molecule has 0 fully saturated rings. The van der Waals surface area contributed by atoms with Gasteiger partial charge in [0.25, 0.3) is 0 Å². The van der Waals surface area contributed by atoms with Crippen molar-refractivity contribution in [1.29, 1.82) is 0 Å². The summed E-state index contributed by atoms with van der Waals surface area (Å²) in [4.78, 5) is 0. The zero-order valence-corrected chi connectivity index (χ0v) is 22.7. The van der Waals surface area contributed by atoms with Gasteiger partial charge in [-0.25, -0.2) is 0 Å². The Hall–Kier alpha value is -5.74. The Morgan fingerprint density at radius 2 is 1.00 bits per heavy atom. The summed E-state index contributed by atoms with van der Waals surface area (Å²) >= 11 is 0. The molecule has 0 saturated carbocycles. The van der Waals surface area contributed by atoms with Crippen molar-refractivity contribution in [3.05, 3.63) is 152 Å². The fourth-order valence-electron chi connectivity index (χ4n) is 5.80. The van der Waals surface area contributed by atoms with Crippen LogP contribution in [0.4, 0.5) is 0 Å². The number of aromatic nitrogens is 3. The predicted molar refractivity (Wildman–Crippen MR) is 170 cm³/mol. The number of hydrogen-bond donors (Lipinski definition) is 0. The largest absolute Gasteiger partial charge is 0.416 e. The van der Waals surface area contributed by atoms with Crippen LogP contribution in [-0.4, -0.2) is 14.8 Å². The van der Waals surface area contributed by atoms with Gasteiger partial charge in [0.05, 0.1) is 11.0 Å². The van der Waals surface area contributed by atoms with Crippen molar-refractivity contribution in [1.82, 2.24) is 14.8 Å². The fourth-order valence-corrected chi connectivity index (χ4v) is 5.80. The van der Waals surface area contributed by atoms with Crippen LogP contribution in [0.3, 0.4) is 0 Å². The van der Waals surface area contributed by atoms with Gasteiger partial charge in [0.15, 0.2) is 0 Å². The molecule has 0 spiro atoms. The monoisotopic (exact) mass is 539 g/mol. The zero-order chi connectivity index (χ0) is 27.9. The summed E-state index contributed by atoms with van der Waals surface area (Å²) < 4.78 is 8.53. The molecule has 0 saturated heterocycles. The average Bonchev–Trinajstić information content (AvgIpc) is 3.69. The SMILES string of the molecule is c1ccc(-c2ccc3c(c2)c2ccccc2n3-c2ccc(-c3nnc(-c4ccccc4-c4ccccc4)o3)cc2)cc1. The highest BCUT2D eigenvalue weighted by Crippen LogP contribution is 2.36. The zero-order valence-electron chi connectivity index (χ0n) is 22.7. The van der Waals surface area contributed by atoms with Gasteiger partial charge in [-0.05, 0) is 70.8 Å². The molecule has 0 aliphatic carbocycles. The Morgan fingerprint density at radius 3 is 1.79 bits per heavy atom. The third-order valence-electron chi connectivity index (χ3n) is 7.82. The molecule has 0 N–H and O–H groups in total. The van der Waals surface area contributed by atoms with Crippen molar-refractivity contribution >= 4 is 21.8 Å². The van der Waals surface area contributed by atoms with Crippen molar-refractivity contribution in [3.63, 3.8) is 0 Å². The maximum atomic E-state index is 6.22. The number of rotatable bonds is 5. The number of hydrogen-bond acceptors (Lipinski definition) is 3. The molecule has 42 heavy (non-hydrogen) atoms. The molecule has 0 aliphatic heterocycles. The van der Waals surface area contributed by atoms with E-state index in [-0.39, 0.29) is 0 Å². The minimum Gasteiger partial charge on any atom is -0.416 e. The van der Waals surface area contributed by atoms with Crippen LogP contribution in [0.15, 0.2) is 156 Å². The Morgan fingerprint density at radius 1 is 0.405 bits per heavy atom. The van der Waals surface area contributed by atoms with E-state index in [2.05, 4.69) is 130 Å². The Labute approximate surface area is 243 Å². The first-order valence-electron chi connectivity index (χ1n) is 14.0. The van der Waals surface area contributed by atoms with Gasteiger partial charge >= 0.3 is 0 Å². The van der Waals surface area contributed by atoms with Crippen molar-refractivity contribution in [3.8, 4) is 50.8 Å². The molecule has 0 atom stereocenters. The summed E-state index contributed by atoms with van der Waals surface area (Å²) in [5.74, 6) is 0.999. The highest BCUT2D eigenvalue weighted by molar-refractivity contribution is 6.10. The number of benzene rings is 6. The Balaban J connectivity index is 1.17. The van der Waals surface area contributed by atoms with E-state index >= 15 is 0 Å². The maximum Gasteiger partial charge on any atom is 0.248 e. The van der Waals surface area contributed by atoms with Gasteiger partial charge < -0.3 is 8.98 Å². The van der Waals surface area contributed by atoms with Crippen LogP contribution in [0.5, 0.6) is 0 Å². The van der Waals surface area contributed by atoms with E-state index in [0.29, 0.717) is 11.8 Å². The van der Waals surface area contributed by atoms with Crippen LogP contribution in [0, 0.1) is 0 Å². The van der Waals surface area contributed by atoms with Crippen LogP contribution < -0.4 is 0 Å². The van der Waals surface area contributed by atoms with Crippen LogP contribution in [0.25, 0.3) is 72.7 Å². The van der Waals surface area contributed by atoms with Crippen LogP contribution in [0.2, 0.25) is 0 Å². The van der Waals surface area contributed by atoms with Gasteiger partial charge in [-0.2, -0.15) is 0 Å². The third-order valence-corrected chi connectivity index (χ3v) is 7.82. The van der Waals surface area contributed by atoms with Gasteiger partial charge in [-0.3, -0.25) is 0 Å². The Bertz CT molecular complexity index is 2180. The standard InChI is InChI=1S/C38H25N3O/c1-3-11-26(12-4-1)29-21-24-36-34(25-29)32-16-9-10-18-35(32)41(36)30-22-19-28(20-23-30)37-39-40-38(42-37)33-17-8-7-15-31(33)27-13-5-2-6-14-27/h1-25H. The summed E-state index contributed by atoms with van der Waals surface area (Å²) in [6.07, 6.45) is 0. The van der Waals surface area contributed by atoms with E-state index in [4.69, 9.17) is 4.42 Å². The molecule has 2 aromatic heterocycles. The number of fused-ring (bicyclic) bond motifs is 3. The predicted octanol–water partition coefficient (Wildman–Crippen LogP) is 9.83. The van der Waals surface area contributed by atoms with Crippen LogP contribution in [-0.2, 0) is 0 Å². The van der Waals surface area contributed by atoms with Gasteiger partial charge in [0, 0.05) is 27.6 Å². The van der Waals surface area contributed by atoms with Gasteiger partial charge in [-0.15, -0.1) is 10.2 Å². The summed E-state index contributed by atoms with van der Waals surface area (Å²) in [7, 11) is 0. The van der Waals surface area contributed by atoms with Crippen molar-refractivity contribution in [2.45, 2.75) is 0 Å². The van der Waals surface area contributed by atoms with Crippen molar-refractivity contribution in [2.75, 3.05) is 0 Å². The average molecular weight is 540 g/mol. The second kappa shape index (κ2) is 10.0. The van der Waals surface area contributed by atoms with E-state index < -0.39 is 0 Å². The highest BCUT2D eigenvalue weighted by atomic mass is 16.4. The second-order valence-corrected chi connectivity index (χ2v) is 10.3. The smallest absolute Gasteiger partial charge is 0.248 e. The van der Waals surface area contributed by atoms with E-state index in [0.717, 1.165) is 27.9 Å².